The van der Waals surface area contributed by atoms with E-state index in [1.165, 1.54) is 11.3 Å². The summed E-state index contributed by atoms with van der Waals surface area (Å²) in [5.41, 5.74) is 0.640. The van der Waals surface area contributed by atoms with E-state index in [2.05, 4.69) is 20.9 Å². The third-order valence-corrected chi connectivity index (χ3v) is 5.01. The standard InChI is InChI=1S/C20H18F2N4O3S/c1-2-23-19(29)26-20-25-15-6-3-11(9-17(15)30-20)16(27)7-8-24-18(28)13-10-12(21)4-5-14(13)22/h3-6,9-10H,2,7-8H2,1H3,(H,24,28)(H2,23,25,26,29). The van der Waals surface area contributed by atoms with Crippen molar-refractivity contribution in [3.63, 3.8) is 0 Å². The van der Waals surface area contributed by atoms with Crippen LogP contribution < -0.4 is 16.0 Å². The first-order valence-corrected chi connectivity index (χ1v) is 9.91. The maximum atomic E-state index is 13.6. The van der Waals surface area contributed by atoms with Crippen LogP contribution in [0, 0.1) is 11.6 Å². The Kier molecular flexibility index (Phi) is 6.68. The lowest BCUT2D eigenvalue weighted by atomic mass is 10.1. The maximum Gasteiger partial charge on any atom is 0.321 e. The van der Waals surface area contributed by atoms with Gasteiger partial charge in [0, 0.05) is 25.1 Å². The van der Waals surface area contributed by atoms with E-state index in [1.807, 2.05) is 0 Å². The number of carbonyl (C=O) groups excluding carboxylic acids is 3. The summed E-state index contributed by atoms with van der Waals surface area (Å²) < 4.78 is 27.5. The maximum absolute atomic E-state index is 13.6. The molecule has 0 bridgehead atoms. The van der Waals surface area contributed by atoms with Gasteiger partial charge in [-0.2, -0.15) is 0 Å². The fourth-order valence-electron chi connectivity index (χ4n) is 2.65. The van der Waals surface area contributed by atoms with Crippen LogP contribution >= 0.6 is 11.3 Å². The van der Waals surface area contributed by atoms with Crippen molar-refractivity contribution in [2.45, 2.75) is 13.3 Å². The van der Waals surface area contributed by atoms with Gasteiger partial charge in [0.25, 0.3) is 5.91 Å². The van der Waals surface area contributed by atoms with E-state index >= 15 is 0 Å². The smallest absolute Gasteiger partial charge is 0.321 e. The molecule has 3 N–H and O–H groups in total. The summed E-state index contributed by atoms with van der Waals surface area (Å²) in [5.74, 6) is -2.59. The number of anilines is 1. The van der Waals surface area contributed by atoms with Crippen LogP contribution in [0.2, 0.25) is 0 Å². The minimum atomic E-state index is -0.840. The first-order valence-electron chi connectivity index (χ1n) is 9.09. The number of fused-ring (bicyclic) bond motifs is 1. The molecule has 0 saturated carbocycles. The largest absolute Gasteiger partial charge is 0.351 e. The summed E-state index contributed by atoms with van der Waals surface area (Å²) in [6.07, 6.45) is -0.0169. The predicted molar refractivity (Wildman–Crippen MR) is 110 cm³/mol. The molecule has 3 rings (SSSR count). The molecule has 2 aromatic carbocycles. The van der Waals surface area contributed by atoms with Crippen LogP contribution in [0.5, 0.6) is 0 Å². The van der Waals surface area contributed by atoms with Crippen LogP contribution in [-0.4, -0.2) is 35.8 Å². The average Bonchev–Trinajstić information content (AvgIpc) is 3.10. The van der Waals surface area contributed by atoms with Crippen molar-refractivity contribution in [1.82, 2.24) is 15.6 Å². The highest BCUT2D eigenvalue weighted by Gasteiger charge is 2.14. The van der Waals surface area contributed by atoms with Gasteiger partial charge in [-0.15, -0.1) is 0 Å². The first-order chi connectivity index (χ1) is 14.4. The Morgan fingerprint density at radius 1 is 1.07 bits per heavy atom. The van der Waals surface area contributed by atoms with Gasteiger partial charge in [-0.1, -0.05) is 11.3 Å². The molecule has 0 aliphatic heterocycles. The van der Waals surface area contributed by atoms with Gasteiger partial charge in [0.2, 0.25) is 0 Å². The summed E-state index contributed by atoms with van der Waals surface area (Å²) in [4.78, 5) is 40.3. The zero-order valence-corrected chi connectivity index (χ0v) is 16.7. The van der Waals surface area contributed by atoms with Crippen LogP contribution in [0.1, 0.15) is 34.1 Å². The van der Waals surface area contributed by atoms with Crippen molar-refractivity contribution in [2.24, 2.45) is 0 Å². The van der Waals surface area contributed by atoms with Gasteiger partial charge in [-0.05, 0) is 43.3 Å². The number of benzene rings is 2. The Balaban J connectivity index is 1.60. The monoisotopic (exact) mass is 432 g/mol. The van der Waals surface area contributed by atoms with Crippen molar-refractivity contribution < 1.29 is 23.2 Å². The highest BCUT2D eigenvalue weighted by atomic mass is 32.1. The molecule has 1 heterocycles. The minimum absolute atomic E-state index is 0.0169. The summed E-state index contributed by atoms with van der Waals surface area (Å²) in [6.45, 7) is 2.25. The van der Waals surface area contributed by atoms with E-state index in [-0.39, 0.29) is 24.8 Å². The van der Waals surface area contributed by atoms with Crippen LogP contribution in [0.25, 0.3) is 10.2 Å². The fraction of sp³-hybridized carbons (Fsp3) is 0.200. The molecule has 0 aliphatic rings. The number of thiazole rings is 1. The first kappa shape index (κ1) is 21.3. The number of carbonyl (C=O) groups is 3. The van der Waals surface area contributed by atoms with Crippen molar-refractivity contribution in [3.05, 3.63) is 59.2 Å². The number of nitrogens with one attached hydrogen (secondary N) is 3. The molecule has 7 nitrogen and oxygen atoms in total. The second-order valence-electron chi connectivity index (χ2n) is 6.24. The number of hydrogen-bond donors (Lipinski definition) is 3. The second kappa shape index (κ2) is 9.40. The summed E-state index contributed by atoms with van der Waals surface area (Å²) in [5, 5.41) is 8.04. The van der Waals surface area contributed by atoms with E-state index in [0.717, 1.165) is 22.9 Å². The molecule has 3 amide bonds. The van der Waals surface area contributed by atoms with E-state index in [4.69, 9.17) is 0 Å². The van der Waals surface area contributed by atoms with Crippen LogP contribution in [0.15, 0.2) is 36.4 Å². The number of ketones is 1. The molecular formula is C20H18F2N4O3S. The highest BCUT2D eigenvalue weighted by Crippen LogP contribution is 2.27. The van der Waals surface area contributed by atoms with Crippen molar-refractivity contribution >= 4 is 44.4 Å². The van der Waals surface area contributed by atoms with Gasteiger partial charge in [0.05, 0.1) is 15.8 Å². The lowest BCUT2D eigenvalue weighted by molar-refractivity contribution is 0.0937. The van der Waals surface area contributed by atoms with Gasteiger partial charge in [0.15, 0.2) is 10.9 Å². The van der Waals surface area contributed by atoms with Gasteiger partial charge >= 0.3 is 6.03 Å². The molecule has 0 aliphatic carbocycles. The molecule has 0 radical (unpaired) electrons. The zero-order chi connectivity index (χ0) is 21.7. The Morgan fingerprint density at radius 2 is 1.87 bits per heavy atom. The molecule has 3 aromatic rings. The highest BCUT2D eigenvalue weighted by molar-refractivity contribution is 7.22. The van der Waals surface area contributed by atoms with Gasteiger partial charge in [-0.3, -0.25) is 14.9 Å². The van der Waals surface area contributed by atoms with E-state index in [1.54, 1.807) is 25.1 Å². The number of hydrogen-bond acceptors (Lipinski definition) is 5. The summed E-state index contributed by atoms with van der Waals surface area (Å²) in [6, 6.07) is 7.16. The molecule has 1 aromatic heterocycles. The molecule has 0 unspecified atom stereocenters. The SMILES string of the molecule is CCNC(=O)Nc1nc2ccc(C(=O)CCNC(=O)c3cc(F)ccc3F)cc2s1. The number of halogens is 2. The molecule has 30 heavy (non-hydrogen) atoms. The third kappa shape index (κ3) is 5.15. The normalized spacial score (nSPS) is 10.6. The summed E-state index contributed by atoms with van der Waals surface area (Å²) in [7, 11) is 0. The fourth-order valence-corrected chi connectivity index (χ4v) is 3.55. The molecule has 0 atom stereocenters. The topological polar surface area (TPSA) is 100 Å². The molecule has 0 spiro atoms. The number of urea groups is 1. The zero-order valence-electron chi connectivity index (χ0n) is 15.9. The van der Waals surface area contributed by atoms with Gasteiger partial charge in [-0.25, -0.2) is 18.6 Å². The third-order valence-electron chi connectivity index (χ3n) is 4.08. The van der Waals surface area contributed by atoms with Crippen molar-refractivity contribution in [2.75, 3.05) is 18.4 Å². The van der Waals surface area contributed by atoms with E-state index in [0.29, 0.717) is 22.8 Å². The second-order valence-corrected chi connectivity index (χ2v) is 7.27. The molecular weight excluding hydrogens is 414 g/mol. The molecule has 0 fully saturated rings. The Hall–Kier alpha value is -3.40. The average molecular weight is 432 g/mol. The Morgan fingerprint density at radius 3 is 2.63 bits per heavy atom. The number of Topliss-reactive ketones (excluding diaryl/α,β-unsaturated/α-hetero) is 1. The van der Waals surface area contributed by atoms with E-state index < -0.39 is 23.1 Å². The van der Waals surface area contributed by atoms with E-state index in [9.17, 15) is 23.2 Å². The number of nitrogens with zero attached hydrogens (tertiary/aromatic N) is 1. The Labute approximate surface area is 174 Å². The predicted octanol–water partition coefficient (Wildman–Crippen LogP) is 3.72. The van der Waals surface area contributed by atoms with Crippen LogP contribution in [0.3, 0.4) is 0 Å². The molecule has 156 valence electrons. The van der Waals surface area contributed by atoms with Gasteiger partial charge < -0.3 is 10.6 Å². The minimum Gasteiger partial charge on any atom is -0.351 e. The lowest BCUT2D eigenvalue weighted by Crippen LogP contribution is -2.28. The van der Waals surface area contributed by atoms with Crippen molar-refractivity contribution in [1.29, 1.82) is 0 Å². The quantitative estimate of drug-likeness (QED) is 0.496. The van der Waals surface area contributed by atoms with Crippen LogP contribution in [0.4, 0.5) is 18.7 Å². The lowest BCUT2D eigenvalue weighted by Gasteiger charge is -2.06. The van der Waals surface area contributed by atoms with Crippen LogP contribution in [-0.2, 0) is 0 Å². The molecule has 0 saturated heterocycles. The summed E-state index contributed by atoms with van der Waals surface area (Å²) >= 11 is 1.23. The van der Waals surface area contributed by atoms with Gasteiger partial charge in [0.1, 0.15) is 11.6 Å². The number of aromatic nitrogens is 1. The molecule has 10 heteroatoms. The number of amides is 3. The number of rotatable bonds is 7. The Bertz CT molecular complexity index is 1120. The van der Waals surface area contributed by atoms with Crippen molar-refractivity contribution in [3.8, 4) is 0 Å².